The molecule has 2 rings (SSSR count). The minimum Gasteiger partial charge on any atom is -0.322 e. The van der Waals surface area contributed by atoms with Crippen LogP contribution in [-0.2, 0) is 0 Å². The molecule has 0 bridgehead atoms. The number of halogens is 1. The molecule has 0 atom stereocenters. The van der Waals surface area contributed by atoms with E-state index >= 15 is 0 Å². The molecular formula is C10H8INO. The number of H-pyrrole nitrogens is 1. The molecule has 13 heavy (non-hydrogen) atoms. The van der Waals surface area contributed by atoms with Gasteiger partial charge in [-0.05, 0) is 58.7 Å². The SMILES string of the molecule is Cc1cc2ccc(=O)[nH]c2cc1I. The Balaban J connectivity index is 2.89. The molecule has 1 heterocycles. The highest BCUT2D eigenvalue weighted by Crippen LogP contribution is 2.17. The van der Waals surface area contributed by atoms with E-state index in [1.54, 1.807) is 6.07 Å². The number of benzene rings is 1. The van der Waals surface area contributed by atoms with Crippen LogP contribution in [0.2, 0.25) is 0 Å². The van der Waals surface area contributed by atoms with Crippen LogP contribution in [0.3, 0.4) is 0 Å². The average molecular weight is 285 g/mol. The molecule has 2 aromatic rings. The van der Waals surface area contributed by atoms with Gasteiger partial charge in [0.2, 0.25) is 5.56 Å². The summed E-state index contributed by atoms with van der Waals surface area (Å²) in [4.78, 5) is 13.8. The van der Waals surface area contributed by atoms with Crippen LogP contribution >= 0.6 is 22.6 Å². The van der Waals surface area contributed by atoms with E-state index in [-0.39, 0.29) is 5.56 Å². The molecule has 0 spiro atoms. The molecule has 0 aliphatic heterocycles. The van der Waals surface area contributed by atoms with Gasteiger partial charge in [-0.1, -0.05) is 0 Å². The summed E-state index contributed by atoms with van der Waals surface area (Å²) in [6.07, 6.45) is 0. The van der Waals surface area contributed by atoms with Crippen LogP contribution in [0.15, 0.2) is 29.1 Å². The molecule has 66 valence electrons. The van der Waals surface area contributed by atoms with E-state index in [1.807, 2.05) is 12.1 Å². The Morgan fingerprint density at radius 1 is 1.31 bits per heavy atom. The van der Waals surface area contributed by atoms with Crippen molar-refractivity contribution >= 4 is 33.5 Å². The number of nitrogens with one attached hydrogen (secondary N) is 1. The molecular weight excluding hydrogens is 277 g/mol. The predicted octanol–water partition coefficient (Wildman–Crippen LogP) is 2.44. The molecule has 0 radical (unpaired) electrons. The van der Waals surface area contributed by atoms with Crippen LogP contribution in [0, 0.1) is 10.5 Å². The number of aromatic amines is 1. The van der Waals surface area contributed by atoms with Crippen molar-refractivity contribution in [2.75, 3.05) is 0 Å². The Bertz CT molecular complexity index is 516. The van der Waals surface area contributed by atoms with E-state index in [9.17, 15) is 4.79 Å². The Kier molecular flexibility index (Phi) is 2.11. The number of hydrogen-bond acceptors (Lipinski definition) is 1. The zero-order chi connectivity index (χ0) is 9.42. The lowest BCUT2D eigenvalue weighted by molar-refractivity contribution is 1.30. The average Bonchev–Trinajstić information content (AvgIpc) is 2.08. The van der Waals surface area contributed by atoms with E-state index in [1.165, 1.54) is 9.13 Å². The molecule has 2 nitrogen and oxygen atoms in total. The molecule has 0 aliphatic rings. The topological polar surface area (TPSA) is 32.9 Å². The van der Waals surface area contributed by atoms with E-state index in [0.717, 1.165) is 10.9 Å². The number of fused-ring (bicyclic) bond motifs is 1. The number of hydrogen-bond donors (Lipinski definition) is 1. The second-order valence-corrected chi connectivity index (χ2v) is 4.17. The van der Waals surface area contributed by atoms with Gasteiger partial charge in [-0.3, -0.25) is 4.79 Å². The van der Waals surface area contributed by atoms with Crippen LogP contribution in [0.25, 0.3) is 10.9 Å². The first-order chi connectivity index (χ1) is 6.16. The van der Waals surface area contributed by atoms with Crippen LogP contribution < -0.4 is 5.56 Å². The normalized spacial score (nSPS) is 10.6. The van der Waals surface area contributed by atoms with Crippen molar-refractivity contribution in [3.05, 3.63) is 43.8 Å². The van der Waals surface area contributed by atoms with Crippen molar-refractivity contribution in [2.45, 2.75) is 6.92 Å². The van der Waals surface area contributed by atoms with Crippen molar-refractivity contribution in [3.63, 3.8) is 0 Å². The summed E-state index contributed by atoms with van der Waals surface area (Å²) in [7, 11) is 0. The molecule has 1 aromatic heterocycles. The van der Waals surface area contributed by atoms with Crippen molar-refractivity contribution in [1.82, 2.24) is 4.98 Å². The fraction of sp³-hybridized carbons (Fsp3) is 0.100. The lowest BCUT2D eigenvalue weighted by Crippen LogP contribution is -2.02. The third kappa shape index (κ3) is 1.60. The second kappa shape index (κ2) is 3.14. The summed E-state index contributed by atoms with van der Waals surface area (Å²) in [5.74, 6) is 0. The maximum absolute atomic E-state index is 11.0. The molecule has 0 amide bonds. The van der Waals surface area contributed by atoms with Gasteiger partial charge < -0.3 is 4.98 Å². The van der Waals surface area contributed by atoms with Gasteiger partial charge >= 0.3 is 0 Å². The van der Waals surface area contributed by atoms with Crippen molar-refractivity contribution in [1.29, 1.82) is 0 Å². The second-order valence-electron chi connectivity index (χ2n) is 3.01. The van der Waals surface area contributed by atoms with Gasteiger partial charge in [0.15, 0.2) is 0 Å². The van der Waals surface area contributed by atoms with E-state index in [0.29, 0.717) is 0 Å². The van der Waals surface area contributed by atoms with Gasteiger partial charge in [0.1, 0.15) is 0 Å². The van der Waals surface area contributed by atoms with Crippen LogP contribution in [-0.4, -0.2) is 4.98 Å². The van der Waals surface area contributed by atoms with E-state index < -0.39 is 0 Å². The first-order valence-electron chi connectivity index (χ1n) is 3.96. The fourth-order valence-electron chi connectivity index (χ4n) is 1.29. The maximum atomic E-state index is 11.0. The Morgan fingerprint density at radius 3 is 2.85 bits per heavy atom. The smallest absolute Gasteiger partial charge is 0.248 e. The summed E-state index contributed by atoms with van der Waals surface area (Å²) >= 11 is 2.26. The molecule has 3 heteroatoms. The zero-order valence-corrected chi connectivity index (χ0v) is 9.25. The van der Waals surface area contributed by atoms with Gasteiger partial charge in [0, 0.05) is 15.2 Å². The van der Waals surface area contributed by atoms with E-state index in [2.05, 4.69) is 40.6 Å². The highest BCUT2D eigenvalue weighted by atomic mass is 127. The summed E-state index contributed by atoms with van der Waals surface area (Å²) in [6, 6.07) is 7.46. The highest BCUT2D eigenvalue weighted by Gasteiger charge is 1.98. The number of aryl methyl sites for hydroxylation is 1. The number of pyridine rings is 1. The van der Waals surface area contributed by atoms with Gasteiger partial charge in [-0.2, -0.15) is 0 Å². The number of rotatable bonds is 0. The third-order valence-corrected chi connectivity index (χ3v) is 3.17. The minimum absolute atomic E-state index is 0.0489. The van der Waals surface area contributed by atoms with Gasteiger partial charge in [0.05, 0.1) is 0 Å². The molecule has 0 aliphatic carbocycles. The Morgan fingerprint density at radius 2 is 2.08 bits per heavy atom. The predicted molar refractivity (Wildman–Crippen MR) is 62.0 cm³/mol. The Labute approximate surface area is 89.1 Å². The highest BCUT2D eigenvalue weighted by molar-refractivity contribution is 14.1. The molecule has 1 N–H and O–H groups in total. The molecule has 0 saturated heterocycles. The minimum atomic E-state index is -0.0489. The van der Waals surface area contributed by atoms with Crippen LogP contribution in [0.4, 0.5) is 0 Å². The first kappa shape index (κ1) is 8.74. The van der Waals surface area contributed by atoms with Crippen molar-refractivity contribution in [3.8, 4) is 0 Å². The molecule has 0 unspecified atom stereocenters. The maximum Gasteiger partial charge on any atom is 0.248 e. The van der Waals surface area contributed by atoms with Gasteiger partial charge in [-0.25, -0.2) is 0 Å². The largest absolute Gasteiger partial charge is 0.322 e. The van der Waals surface area contributed by atoms with Gasteiger partial charge in [0.25, 0.3) is 0 Å². The fourth-order valence-corrected chi connectivity index (χ4v) is 1.76. The molecule has 0 saturated carbocycles. The van der Waals surface area contributed by atoms with E-state index in [4.69, 9.17) is 0 Å². The quantitative estimate of drug-likeness (QED) is 0.741. The van der Waals surface area contributed by atoms with Crippen LogP contribution in [0.1, 0.15) is 5.56 Å². The lowest BCUT2D eigenvalue weighted by atomic mass is 10.1. The summed E-state index contributed by atoms with van der Waals surface area (Å²) in [5.41, 5.74) is 2.09. The Hall–Kier alpha value is -0.840. The molecule has 0 fully saturated rings. The van der Waals surface area contributed by atoms with Crippen molar-refractivity contribution in [2.24, 2.45) is 0 Å². The molecule has 1 aromatic carbocycles. The monoisotopic (exact) mass is 285 g/mol. The zero-order valence-electron chi connectivity index (χ0n) is 7.10. The van der Waals surface area contributed by atoms with Crippen LogP contribution in [0.5, 0.6) is 0 Å². The standard InChI is InChI=1S/C10H8INO/c1-6-4-7-2-3-10(13)12-9(7)5-8(6)11/h2-5H,1H3,(H,12,13). The summed E-state index contributed by atoms with van der Waals surface area (Å²) in [5, 5.41) is 1.08. The summed E-state index contributed by atoms with van der Waals surface area (Å²) in [6.45, 7) is 2.06. The number of aromatic nitrogens is 1. The lowest BCUT2D eigenvalue weighted by Gasteiger charge is -2.01. The summed E-state index contributed by atoms with van der Waals surface area (Å²) < 4.78 is 1.17. The van der Waals surface area contributed by atoms with Gasteiger partial charge in [-0.15, -0.1) is 0 Å². The first-order valence-corrected chi connectivity index (χ1v) is 5.04. The third-order valence-electron chi connectivity index (χ3n) is 2.00. The van der Waals surface area contributed by atoms with Crippen molar-refractivity contribution < 1.29 is 0 Å².